The molecule has 1 aromatic heterocycles. The number of nitrogens with one attached hydrogen (secondary N) is 2. The Balaban J connectivity index is 1.92. The van der Waals surface area contributed by atoms with Gasteiger partial charge < -0.3 is 25.4 Å². The summed E-state index contributed by atoms with van der Waals surface area (Å²) in [4.78, 5) is 49.3. The van der Waals surface area contributed by atoms with Gasteiger partial charge in [0, 0.05) is 19.3 Å². The van der Waals surface area contributed by atoms with Gasteiger partial charge in [0.1, 0.15) is 17.9 Å². The van der Waals surface area contributed by atoms with Crippen LogP contribution in [0.4, 0.5) is 0 Å². The number of aromatic hydroxyl groups is 1. The third-order valence-corrected chi connectivity index (χ3v) is 6.48. The molecule has 2 amide bonds. The summed E-state index contributed by atoms with van der Waals surface area (Å²) in [5.41, 5.74) is -1.07. The Hall–Kier alpha value is -3.04. The number of rotatable bonds is 8. The number of aromatic nitrogens is 1. The minimum absolute atomic E-state index is 0.0530. The zero-order chi connectivity index (χ0) is 24.8. The summed E-state index contributed by atoms with van der Waals surface area (Å²) >= 11 is 11.9. The molecule has 4 N–H and O–H groups in total. The summed E-state index contributed by atoms with van der Waals surface area (Å²) in [6.45, 7) is -0.406. The van der Waals surface area contributed by atoms with Crippen molar-refractivity contribution in [2.75, 3.05) is 6.54 Å². The van der Waals surface area contributed by atoms with Crippen LogP contribution in [0.1, 0.15) is 58.4 Å². The molecule has 182 valence electrons. The number of hydrogen-bond donors (Lipinski definition) is 4. The number of benzene rings is 1. The first-order chi connectivity index (χ1) is 16.2. The highest BCUT2D eigenvalue weighted by atomic mass is 35.5. The van der Waals surface area contributed by atoms with Crippen LogP contribution < -0.4 is 16.2 Å². The minimum atomic E-state index is -1.31. The number of aliphatic carboxylic acids is 1. The van der Waals surface area contributed by atoms with Gasteiger partial charge in [-0.25, -0.2) is 0 Å². The van der Waals surface area contributed by atoms with Gasteiger partial charge in [0.15, 0.2) is 0 Å². The number of carboxylic acid groups (broad SMARTS) is 1. The van der Waals surface area contributed by atoms with Crippen molar-refractivity contribution in [3.63, 3.8) is 0 Å². The maximum Gasteiger partial charge on any atom is 0.322 e. The fraction of sp³-hybridized carbons (Fsp3) is 0.391. The molecule has 34 heavy (non-hydrogen) atoms. The Morgan fingerprint density at radius 2 is 1.74 bits per heavy atom. The van der Waals surface area contributed by atoms with E-state index in [1.54, 1.807) is 18.2 Å². The molecule has 0 bridgehead atoms. The summed E-state index contributed by atoms with van der Waals surface area (Å²) in [5.74, 6) is -3.71. The molecule has 2 aromatic rings. The summed E-state index contributed by atoms with van der Waals surface area (Å²) in [6.07, 6.45) is 6.23. The Morgan fingerprint density at radius 3 is 2.38 bits per heavy atom. The fourth-order valence-corrected chi connectivity index (χ4v) is 4.30. The van der Waals surface area contributed by atoms with E-state index in [4.69, 9.17) is 28.3 Å². The van der Waals surface area contributed by atoms with Crippen molar-refractivity contribution >= 4 is 41.0 Å². The molecule has 1 aromatic carbocycles. The molecule has 11 heteroatoms. The van der Waals surface area contributed by atoms with Crippen molar-refractivity contribution in [3.05, 3.63) is 61.5 Å². The number of nitrogens with zero attached hydrogens (tertiary/aromatic N) is 1. The first-order valence-electron chi connectivity index (χ1n) is 10.9. The minimum Gasteiger partial charge on any atom is -0.506 e. The molecule has 1 heterocycles. The van der Waals surface area contributed by atoms with Crippen LogP contribution in [-0.4, -0.2) is 39.1 Å². The zero-order valence-electron chi connectivity index (χ0n) is 18.3. The molecule has 0 radical (unpaired) electrons. The van der Waals surface area contributed by atoms with Crippen molar-refractivity contribution in [2.24, 2.45) is 5.92 Å². The lowest BCUT2D eigenvalue weighted by Crippen LogP contribution is -2.38. The quantitative estimate of drug-likeness (QED) is 0.431. The van der Waals surface area contributed by atoms with Gasteiger partial charge in [-0.15, -0.1) is 0 Å². The van der Waals surface area contributed by atoms with E-state index in [9.17, 15) is 24.3 Å². The van der Waals surface area contributed by atoms with Crippen molar-refractivity contribution in [2.45, 2.75) is 45.2 Å². The average molecular weight is 510 g/mol. The van der Waals surface area contributed by atoms with Crippen LogP contribution in [0.2, 0.25) is 10.0 Å². The molecular formula is C23H25Cl2N3O6. The van der Waals surface area contributed by atoms with Gasteiger partial charge in [-0.3, -0.25) is 19.2 Å². The lowest BCUT2D eigenvalue weighted by atomic mass is 9.89. The maximum atomic E-state index is 13.0. The monoisotopic (exact) mass is 509 g/mol. The molecule has 0 aliphatic heterocycles. The Morgan fingerprint density at radius 1 is 1.03 bits per heavy atom. The number of halogens is 2. The second kappa shape index (κ2) is 11.4. The van der Waals surface area contributed by atoms with Crippen LogP contribution in [0.15, 0.2) is 29.2 Å². The van der Waals surface area contributed by atoms with E-state index < -0.39 is 41.2 Å². The van der Waals surface area contributed by atoms with Crippen LogP contribution in [-0.2, 0) is 17.9 Å². The van der Waals surface area contributed by atoms with E-state index >= 15 is 0 Å². The first kappa shape index (κ1) is 25.6. The van der Waals surface area contributed by atoms with Gasteiger partial charge >= 0.3 is 5.97 Å². The summed E-state index contributed by atoms with van der Waals surface area (Å²) < 4.78 is 1.25. The van der Waals surface area contributed by atoms with E-state index in [1.807, 2.05) is 0 Å². The van der Waals surface area contributed by atoms with Gasteiger partial charge in [-0.05, 0) is 36.5 Å². The number of carbonyl (C=O) groups is 3. The highest BCUT2D eigenvalue weighted by Crippen LogP contribution is 2.26. The van der Waals surface area contributed by atoms with Crippen LogP contribution in [0, 0.1) is 5.92 Å². The average Bonchev–Trinajstić information content (AvgIpc) is 2.80. The van der Waals surface area contributed by atoms with Gasteiger partial charge in [0.25, 0.3) is 17.4 Å². The van der Waals surface area contributed by atoms with Crippen molar-refractivity contribution < 1.29 is 24.6 Å². The van der Waals surface area contributed by atoms with Crippen molar-refractivity contribution in [3.8, 4) is 5.75 Å². The zero-order valence-corrected chi connectivity index (χ0v) is 19.8. The van der Waals surface area contributed by atoms with E-state index in [1.165, 1.54) is 10.8 Å². The largest absolute Gasteiger partial charge is 0.506 e. The van der Waals surface area contributed by atoms with Crippen LogP contribution in [0.3, 0.4) is 0 Å². The normalized spacial score (nSPS) is 13.9. The Bertz CT molecular complexity index is 1160. The summed E-state index contributed by atoms with van der Waals surface area (Å²) in [6, 6.07) is 4.83. The maximum absolute atomic E-state index is 13.0. The van der Waals surface area contributed by atoms with Crippen LogP contribution in [0.5, 0.6) is 5.75 Å². The van der Waals surface area contributed by atoms with E-state index in [-0.39, 0.29) is 24.6 Å². The third-order valence-electron chi connectivity index (χ3n) is 5.74. The summed E-state index contributed by atoms with van der Waals surface area (Å²) in [7, 11) is 0. The number of carboxylic acids is 1. The van der Waals surface area contributed by atoms with Gasteiger partial charge in [-0.2, -0.15) is 0 Å². The Kier molecular flexibility index (Phi) is 8.57. The highest BCUT2D eigenvalue weighted by Gasteiger charge is 2.26. The highest BCUT2D eigenvalue weighted by molar-refractivity contribution is 6.42. The Labute approximate surface area is 205 Å². The molecule has 1 aliphatic carbocycles. The molecule has 1 fully saturated rings. The number of hydrogen-bond acceptors (Lipinski definition) is 5. The van der Waals surface area contributed by atoms with Crippen molar-refractivity contribution in [1.29, 1.82) is 0 Å². The molecule has 0 saturated heterocycles. The van der Waals surface area contributed by atoms with Gasteiger partial charge in [0.05, 0.1) is 15.6 Å². The SMILES string of the molecule is O=C(O)CNC(=O)c1c(O)c(C(=O)NCc2ccc(Cl)c(Cl)c2)cn(CC2CCCCC2)c1=O. The second-order valence-electron chi connectivity index (χ2n) is 8.24. The lowest BCUT2D eigenvalue weighted by Gasteiger charge is -2.23. The molecule has 0 atom stereocenters. The molecule has 1 saturated carbocycles. The molecule has 1 aliphatic rings. The summed E-state index contributed by atoms with van der Waals surface area (Å²) in [5, 5.41) is 24.9. The number of pyridine rings is 1. The molecule has 3 rings (SSSR count). The standard InChI is InChI=1S/C23H25Cl2N3O6/c24-16-7-6-14(8-17(16)25)9-26-21(32)15-12-28(11-13-4-2-1-3-5-13)23(34)19(20(15)31)22(33)27-10-18(29)30/h6-8,12-13,31H,1-5,9-11H2,(H,26,32)(H,27,33)(H,29,30). The molecule has 9 nitrogen and oxygen atoms in total. The van der Waals surface area contributed by atoms with Gasteiger partial charge in [0.2, 0.25) is 0 Å². The van der Waals surface area contributed by atoms with Crippen LogP contribution >= 0.6 is 23.2 Å². The van der Waals surface area contributed by atoms with Gasteiger partial charge in [-0.1, -0.05) is 48.5 Å². The predicted molar refractivity (Wildman–Crippen MR) is 127 cm³/mol. The molecule has 0 spiro atoms. The lowest BCUT2D eigenvalue weighted by molar-refractivity contribution is -0.135. The van der Waals surface area contributed by atoms with Crippen molar-refractivity contribution in [1.82, 2.24) is 15.2 Å². The van der Waals surface area contributed by atoms with E-state index in [0.717, 1.165) is 32.1 Å². The molecular weight excluding hydrogens is 485 g/mol. The fourth-order valence-electron chi connectivity index (χ4n) is 3.98. The molecule has 0 unspecified atom stereocenters. The number of amides is 2. The van der Waals surface area contributed by atoms with E-state index in [0.29, 0.717) is 15.6 Å². The van der Waals surface area contributed by atoms with Crippen LogP contribution in [0.25, 0.3) is 0 Å². The third kappa shape index (κ3) is 6.30. The topological polar surface area (TPSA) is 138 Å². The predicted octanol–water partition coefficient (Wildman–Crippen LogP) is 3.19. The smallest absolute Gasteiger partial charge is 0.322 e. The van der Waals surface area contributed by atoms with E-state index in [2.05, 4.69) is 10.6 Å². The number of carbonyl (C=O) groups excluding carboxylic acids is 2. The second-order valence-corrected chi connectivity index (χ2v) is 9.05. The first-order valence-corrected chi connectivity index (χ1v) is 11.6.